The van der Waals surface area contributed by atoms with Crippen LogP contribution in [0.15, 0.2) is 42.6 Å². The summed E-state index contributed by atoms with van der Waals surface area (Å²) in [5, 5.41) is 4.60. The molecule has 0 amide bonds. The van der Waals surface area contributed by atoms with Gasteiger partial charge < -0.3 is 5.32 Å². The maximum Gasteiger partial charge on any atom is 0.223 e. The summed E-state index contributed by atoms with van der Waals surface area (Å²) < 4.78 is 0. The Kier molecular flexibility index (Phi) is 4.39. The highest BCUT2D eigenvalue weighted by Crippen LogP contribution is 2.28. The summed E-state index contributed by atoms with van der Waals surface area (Å²) in [5.41, 5.74) is 6.09. The lowest BCUT2D eigenvalue weighted by molar-refractivity contribution is 0.461. The predicted molar refractivity (Wildman–Crippen MR) is 105 cm³/mol. The van der Waals surface area contributed by atoms with E-state index < -0.39 is 0 Å². The third-order valence-electron chi connectivity index (χ3n) is 5.22. The van der Waals surface area contributed by atoms with Crippen LogP contribution in [-0.4, -0.2) is 16.0 Å². The lowest BCUT2D eigenvalue weighted by atomic mass is 9.96. The van der Waals surface area contributed by atoms with Gasteiger partial charge in [-0.1, -0.05) is 49.1 Å². The van der Waals surface area contributed by atoms with E-state index in [1.165, 1.54) is 54.4 Å². The smallest absolute Gasteiger partial charge is 0.223 e. The maximum absolute atomic E-state index is 4.72. The summed E-state index contributed by atoms with van der Waals surface area (Å²) in [7, 11) is 0. The van der Waals surface area contributed by atoms with E-state index in [1.54, 1.807) is 0 Å². The molecule has 0 radical (unpaired) electrons. The van der Waals surface area contributed by atoms with Crippen molar-refractivity contribution in [3.8, 4) is 11.1 Å². The highest BCUT2D eigenvalue weighted by Gasteiger charge is 2.14. The van der Waals surface area contributed by atoms with Gasteiger partial charge in [-0.25, -0.2) is 9.97 Å². The van der Waals surface area contributed by atoms with Crippen molar-refractivity contribution in [3.05, 3.63) is 53.7 Å². The van der Waals surface area contributed by atoms with Crippen LogP contribution in [0.5, 0.6) is 0 Å². The van der Waals surface area contributed by atoms with E-state index in [9.17, 15) is 0 Å². The average Bonchev–Trinajstić information content (AvgIpc) is 2.64. The molecule has 0 aliphatic heterocycles. The van der Waals surface area contributed by atoms with Crippen LogP contribution >= 0.6 is 0 Å². The first-order chi connectivity index (χ1) is 12.2. The normalized spacial score (nSPS) is 15.4. The number of anilines is 1. The monoisotopic (exact) mass is 331 g/mol. The van der Waals surface area contributed by atoms with Crippen LogP contribution in [0.1, 0.15) is 43.2 Å². The average molecular weight is 331 g/mol. The van der Waals surface area contributed by atoms with Crippen molar-refractivity contribution in [2.24, 2.45) is 0 Å². The van der Waals surface area contributed by atoms with Crippen molar-refractivity contribution in [3.63, 3.8) is 0 Å². The van der Waals surface area contributed by atoms with Gasteiger partial charge in [0.25, 0.3) is 0 Å². The molecule has 0 bridgehead atoms. The minimum absolute atomic E-state index is 0.528. The second-order valence-electron chi connectivity index (χ2n) is 7.26. The number of rotatable bonds is 3. The maximum atomic E-state index is 4.72. The van der Waals surface area contributed by atoms with E-state index in [-0.39, 0.29) is 0 Å². The Labute approximate surface area is 149 Å². The lowest BCUT2D eigenvalue weighted by Crippen LogP contribution is -2.23. The number of hydrogen-bond acceptors (Lipinski definition) is 3. The van der Waals surface area contributed by atoms with Crippen LogP contribution in [0, 0.1) is 13.8 Å². The number of aromatic nitrogens is 2. The molecule has 1 aliphatic carbocycles. The van der Waals surface area contributed by atoms with Crippen molar-refractivity contribution in [2.45, 2.75) is 52.0 Å². The van der Waals surface area contributed by atoms with Gasteiger partial charge in [0.2, 0.25) is 5.95 Å². The first kappa shape index (κ1) is 16.1. The van der Waals surface area contributed by atoms with Crippen LogP contribution in [0.2, 0.25) is 0 Å². The van der Waals surface area contributed by atoms with E-state index in [1.807, 2.05) is 6.20 Å². The standard InChI is InChI=1S/C22H25N3/c1-15-8-9-16(2)20(12-15)17-10-11-21-18(13-17)14-23-22(25-21)24-19-6-4-3-5-7-19/h8-14,19H,3-7H2,1-2H3,(H,23,24,25). The number of benzene rings is 2. The SMILES string of the molecule is Cc1ccc(C)c(-c2ccc3nc(NC4CCCCC4)ncc3c2)c1. The van der Waals surface area contributed by atoms with E-state index in [0.29, 0.717) is 6.04 Å². The minimum atomic E-state index is 0.528. The molecular formula is C22H25N3. The van der Waals surface area contributed by atoms with Gasteiger partial charge >= 0.3 is 0 Å². The molecule has 3 nitrogen and oxygen atoms in total. The van der Waals surface area contributed by atoms with Crippen LogP contribution in [-0.2, 0) is 0 Å². The Bertz CT molecular complexity index is 895. The Morgan fingerprint density at radius 3 is 2.64 bits per heavy atom. The van der Waals surface area contributed by atoms with Crippen molar-refractivity contribution in [1.29, 1.82) is 0 Å². The predicted octanol–water partition coefficient (Wildman–Crippen LogP) is 5.66. The molecular weight excluding hydrogens is 306 g/mol. The van der Waals surface area contributed by atoms with Gasteiger partial charge in [-0.2, -0.15) is 0 Å². The number of nitrogens with one attached hydrogen (secondary N) is 1. The fraction of sp³-hybridized carbons (Fsp3) is 0.364. The van der Waals surface area contributed by atoms with E-state index in [4.69, 9.17) is 4.98 Å². The third-order valence-corrected chi connectivity index (χ3v) is 5.22. The van der Waals surface area contributed by atoms with Crippen LogP contribution in [0.4, 0.5) is 5.95 Å². The van der Waals surface area contributed by atoms with Crippen molar-refractivity contribution in [1.82, 2.24) is 9.97 Å². The number of fused-ring (bicyclic) bond motifs is 1. The molecule has 3 aromatic rings. The molecule has 0 unspecified atom stereocenters. The van der Waals surface area contributed by atoms with Crippen molar-refractivity contribution < 1.29 is 0 Å². The Hall–Kier alpha value is -2.42. The molecule has 3 heteroatoms. The molecule has 0 atom stereocenters. The quantitative estimate of drug-likeness (QED) is 0.673. The van der Waals surface area contributed by atoms with E-state index in [0.717, 1.165) is 16.9 Å². The van der Waals surface area contributed by atoms with Crippen LogP contribution in [0.25, 0.3) is 22.0 Å². The first-order valence-electron chi connectivity index (χ1n) is 9.30. The summed E-state index contributed by atoms with van der Waals surface area (Å²) in [5.74, 6) is 0.763. The molecule has 128 valence electrons. The number of nitrogens with zero attached hydrogens (tertiary/aromatic N) is 2. The molecule has 0 saturated heterocycles. The Morgan fingerprint density at radius 1 is 0.960 bits per heavy atom. The zero-order valence-electron chi connectivity index (χ0n) is 15.0. The zero-order chi connectivity index (χ0) is 17.2. The van der Waals surface area contributed by atoms with Gasteiger partial charge in [-0.05, 0) is 55.5 Å². The van der Waals surface area contributed by atoms with Gasteiger partial charge in [0.15, 0.2) is 0 Å². The third kappa shape index (κ3) is 3.51. The fourth-order valence-corrected chi connectivity index (χ4v) is 3.75. The van der Waals surface area contributed by atoms with Crippen molar-refractivity contribution in [2.75, 3.05) is 5.32 Å². The minimum Gasteiger partial charge on any atom is -0.351 e. The molecule has 2 aromatic carbocycles. The van der Waals surface area contributed by atoms with E-state index in [2.05, 4.69) is 60.5 Å². The van der Waals surface area contributed by atoms with Gasteiger partial charge in [-0.15, -0.1) is 0 Å². The lowest BCUT2D eigenvalue weighted by Gasteiger charge is -2.22. The molecule has 1 saturated carbocycles. The van der Waals surface area contributed by atoms with Crippen LogP contribution < -0.4 is 5.32 Å². The van der Waals surface area contributed by atoms with Crippen LogP contribution in [0.3, 0.4) is 0 Å². The number of hydrogen-bond donors (Lipinski definition) is 1. The largest absolute Gasteiger partial charge is 0.351 e. The van der Waals surface area contributed by atoms with Gasteiger partial charge in [0.05, 0.1) is 5.52 Å². The summed E-state index contributed by atoms with van der Waals surface area (Å²) in [6, 6.07) is 13.6. The summed E-state index contributed by atoms with van der Waals surface area (Å²) in [6.07, 6.45) is 8.38. The molecule has 1 N–H and O–H groups in total. The molecule has 1 aromatic heterocycles. The highest BCUT2D eigenvalue weighted by molar-refractivity contribution is 5.85. The highest BCUT2D eigenvalue weighted by atomic mass is 15.1. The molecule has 1 heterocycles. The first-order valence-corrected chi connectivity index (χ1v) is 9.30. The summed E-state index contributed by atoms with van der Waals surface area (Å²) >= 11 is 0. The van der Waals surface area contributed by atoms with Gasteiger partial charge in [0.1, 0.15) is 0 Å². The number of aryl methyl sites for hydroxylation is 2. The second-order valence-corrected chi connectivity index (χ2v) is 7.26. The van der Waals surface area contributed by atoms with Crippen molar-refractivity contribution >= 4 is 16.9 Å². The Morgan fingerprint density at radius 2 is 1.80 bits per heavy atom. The molecule has 1 aliphatic rings. The fourth-order valence-electron chi connectivity index (χ4n) is 3.75. The molecule has 0 spiro atoms. The molecule has 4 rings (SSSR count). The second kappa shape index (κ2) is 6.83. The topological polar surface area (TPSA) is 37.8 Å². The Balaban J connectivity index is 1.63. The van der Waals surface area contributed by atoms with E-state index >= 15 is 0 Å². The molecule has 25 heavy (non-hydrogen) atoms. The zero-order valence-corrected chi connectivity index (χ0v) is 15.0. The van der Waals surface area contributed by atoms with Gasteiger partial charge in [0, 0.05) is 17.6 Å². The summed E-state index contributed by atoms with van der Waals surface area (Å²) in [6.45, 7) is 4.29. The molecule has 1 fully saturated rings. The van der Waals surface area contributed by atoms with Gasteiger partial charge in [-0.3, -0.25) is 0 Å². The summed E-state index contributed by atoms with van der Waals surface area (Å²) in [4.78, 5) is 9.28.